The van der Waals surface area contributed by atoms with E-state index in [4.69, 9.17) is 0 Å². The maximum Gasteiger partial charge on any atom is 0.291 e. The van der Waals surface area contributed by atoms with Gasteiger partial charge in [0.2, 0.25) is 0 Å². The third-order valence-corrected chi connectivity index (χ3v) is 3.49. The normalized spacial score (nSPS) is 12.1. The Balaban J connectivity index is 2.31. The third-order valence-electron chi connectivity index (χ3n) is 3.06. The molecule has 20 heavy (non-hydrogen) atoms. The Labute approximate surface area is 125 Å². The molecule has 0 fully saturated rings. The number of nitrogens with one attached hydrogen (secondary N) is 1. The van der Waals surface area contributed by atoms with E-state index in [9.17, 15) is 10.1 Å². The smallest absolute Gasteiger partial charge is 0.291 e. The van der Waals surface area contributed by atoms with Gasteiger partial charge in [-0.25, -0.2) is 0 Å². The van der Waals surface area contributed by atoms with Crippen LogP contribution in [-0.4, -0.2) is 17.0 Å². The van der Waals surface area contributed by atoms with Gasteiger partial charge in [0.15, 0.2) is 0 Å². The van der Waals surface area contributed by atoms with Crippen molar-refractivity contribution in [1.82, 2.24) is 10.3 Å². The summed E-state index contributed by atoms with van der Waals surface area (Å²) in [7, 11) is 1.84. The van der Waals surface area contributed by atoms with Gasteiger partial charge in [0.25, 0.3) is 5.69 Å². The van der Waals surface area contributed by atoms with E-state index in [1.54, 1.807) is 6.20 Å². The lowest BCUT2D eigenvalue weighted by Crippen LogP contribution is -2.19. The van der Waals surface area contributed by atoms with E-state index >= 15 is 0 Å². The molecule has 0 aliphatic rings. The zero-order valence-electron chi connectivity index (χ0n) is 10.9. The molecule has 0 radical (unpaired) electrons. The largest absolute Gasteiger partial charge is 0.313 e. The minimum absolute atomic E-state index is 0.0106. The molecule has 6 heteroatoms. The molecule has 5 nitrogen and oxygen atoms in total. The molecule has 1 heterocycles. The summed E-state index contributed by atoms with van der Waals surface area (Å²) < 4.78 is 0.605. The highest BCUT2D eigenvalue weighted by molar-refractivity contribution is 9.10. The second-order valence-corrected chi connectivity index (χ2v) is 5.25. The number of nitro groups is 1. The molecule has 1 unspecified atom stereocenters. The van der Waals surface area contributed by atoms with Gasteiger partial charge in [-0.05, 0) is 28.5 Å². The van der Waals surface area contributed by atoms with Crippen molar-refractivity contribution in [3.05, 3.63) is 68.4 Å². The molecule has 2 aromatic rings. The predicted octanol–water partition coefficient (Wildman–Crippen LogP) is 3.26. The van der Waals surface area contributed by atoms with Gasteiger partial charge in [-0.15, -0.1) is 0 Å². The fourth-order valence-corrected chi connectivity index (χ4v) is 2.36. The maximum atomic E-state index is 11.1. The minimum Gasteiger partial charge on any atom is -0.313 e. The lowest BCUT2D eigenvalue weighted by Gasteiger charge is -2.16. The molecule has 1 aromatic heterocycles. The summed E-state index contributed by atoms with van der Waals surface area (Å²) in [5.41, 5.74) is 1.59. The summed E-state index contributed by atoms with van der Waals surface area (Å²) in [6, 6.07) is 11.3. The van der Waals surface area contributed by atoms with Crippen LogP contribution < -0.4 is 5.32 Å². The van der Waals surface area contributed by atoms with Crippen LogP contribution in [-0.2, 0) is 6.42 Å². The van der Waals surface area contributed by atoms with Crippen molar-refractivity contribution in [1.29, 1.82) is 0 Å². The Kier molecular flexibility index (Phi) is 4.81. The molecule has 104 valence electrons. The number of hydrogen-bond donors (Lipinski definition) is 1. The van der Waals surface area contributed by atoms with Crippen LogP contribution in [0.3, 0.4) is 0 Å². The molecule has 1 atom stereocenters. The Bertz CT molecular complexity index is 605. The molecule has 1 aromatic carbocycles. The number of aromatic nitrogens is 1. The van der Waals surface area contributed by atoms with Crippen molar-refractivity contribution >= 4 is 21.6 Å². The number of likely N-dealkylation sites (N-methyl/N-ethyl adjacent to an activating group) is 1. The first-order valence-corrected chi connectivity index (χ1v) is 6.92. The fourth-order valence-electron chi connectivity index (χ4n) is 2.04. The first-order valence-electron chi connectivity index (χ1n) is 6.13. The molecule has 0 aliphatic heterocycles. The predicted molar refractivity (Wildman–Crippen MR) is 80.5 cm³/mol. The van der Waals surface area contributed by atoms with E-state index < -0.39 is 4.92 Å². The number of rotatable bonds is 5. The maximum absolute atomic E-state index is 11.1. The lowest BCUT2D eigenvalue weighted by atomic mass is 10.0. The van der Waals surface area contributed by atoms with E-state index in [-0.39, 0.29) is 11.7 Å². The van der Waals surface area contributed by atoms with Gasteiger partial charge in [-0.3, -0.25) is 15.1 Å². The molecule has 0 spiro atoms. The van der Waals surface area contributed by atoms with Crippen molar-refractivity contribution in [3.63, 3.8) is 0 Å². The minimum atomic E-state index is -0.398. The van der Waals surface area contributed by atoms with Crippen molar-refractivity contribution in [2.75, 3.05) is 7.05 Å². The highest BCUT2D eigenvalue weighted by Gasteiger charge is 2.20. The summed E-state index contributed by atoms with van der Waals surface area (Å²) in [6.07, 6.45) is 2.05. The molecule has 0 aliphatic carbocycles. The standard InChI is InChI=1S/C14H14BrN3O2/c1-16-12(10-5-3-2-4-6-10)8-13-14(18(19)20)7-11(15)9-17-13/h2-7,9,12,16H,8H2,1H3. The number of nitrogens with zero attached hydrogens (tertiary/aromatic N) is 2. The zero-order valence-corrected chi connectivity index (χ0v) is 12.5. The first kappa shape index (κ1) is 14.6. The summed E-state index contributed by atoms with van der Waals surface area (Å²) in [6.45, 7) is 0. The van der Waals surface area contributed by atoms with Crippen molar-refractivity contribution < 1.29 is 4.92 Å². The molecular formula is C14H14BrN3O2. The van der Waals surface area contributed by atoms with Crippen LogP contribution in [0.1, 0.15) is 17.3 Å². The van der Waals surface area contributed by atoms with Crippen LogP contribution in [0.25, 0.3) is 0 Å². The quantitative estimate of drug-likeness (QED) is 0.672. The van der Waals surface area contributed by atoms with Gasteiger partial charge >= 0.3 is 0 Å². The van der Waals surface area contributed by atoms with Crippen LogP contribution in [0.4, 0.5) is 5.69 Å². The van der Waals surface area contributed by atoms with Crippen LogP contribution >= 0.6 is 15.9 Å². The average Bonchev–Trinajstić information content (AvgIpc) is 2.46. The number of pyridine rings is 1. The van der Waals surface area contributed by atoms with E-state index in [0.717, 1.165) is 5.56 Å². The number of benzene rings is 1. The van der Waals surface area contributed by atoms with Crippen LogP contribution in [0.15, 0.2) is 47.1 Å². The van der Waals surface area contributed by atoms with E-state index in [1.807, 2.05) is 37.4 Å². The molecular weight excluding hydrogens is 322 g/mol. The highest BCUT2D eigenvalue weighted by Crippen LogP contribution is 2.25. The Morgan fingerprint density at radius 1 is 1.40 bits per heavy atom. The van der Waals surface area contributed by atoms with Gasteiger partial charge in [0, 0.05) is 29.2 Å². The van der Waals surface area contributed by atoms with Gasteiger partial charge in [-0.2, -0.15) is 0 Å². The molecule has 0 bridgehead atoms. The summed E-state index contributed by atoms with van der Waals surface area (Å²) in [5.74, 6) is 0. The van der Waals surface area contributed by atoms with E-state index in [0.29, 0.717) is 16.6 Å². The number of halogens is 1. The Morgan fingerprint density at radius 2 is 2.10 bits per heavy atom. The van der Waals surface area contributed by atoms with Crippen molar-refractivity contribution in [3.8, 4) is 0 Å². The lowest BCUT2D eigenvalue weighted by molar-refractivity contribution is -0.386. The zero-order chi connectivity index (χ0) is 14.5. The SMILES string of the molecule is CNC(Cc1ncc(Br)cc1[N+](=O)[O-])c1ccccc1. The van der Waals surface area contributed by atoms with Crippen LogP contribution in [0.5, 0.6) is 0 Å². The first-order chi connectivity index (χ1) is 9.61. The molecule has 2 rings (SSSR count). The van der Waals surface area contributed by atoms with E-state index in [2.05, 4.69) is 26.2 Å². The number of hydrogen-bond acceptors (Lipinski definition) is 4. The summed E-state index contributed by atoms with van der Waals surface area (Å²) in [4.78, 5) is 14.9. The van der Waals surface area contributed by atoms with Crippen molar-refractivity contribution in [2.45, 2.75) is 12.5 Å². The van der Waals surface area contributed by atoms with Crippen molar-refractivity contribution in [2.24, 2.45) is 0 Å². The van der Waals surface area contributed by atoms with Crippen LogP contribution in [0, 0.1) is 10.1 Å². The average molecular weight is 336 g/mol. The topological polar surface area (TPSA) is 68.1 Å². The third kappa shape index (κ3) is 3.40. The highest BCUT2D eigenvalue weighted by atomic mass is 79.9. The molecule has 0 saturated carbocycles. The summed E-state index contributed by atoms with van der Waals surface area (Å²) >= 11 is 3.21. The van der Waals surface area contributed by atoms with Gasteiger partial charge in [0.05, 0.1) is 4.92 Å². The van der Waals surface area contributed by atoms with Crippen LogP contribution in [0.2, 0.25) is 0 Å². The monoisotopic (exact) mass is 335 g/mol. The summed E-state index contributed by atoms with van der Waals surface area (Å²) in [5, 5.41) is 14.3. The van der Waals surface area contributed by atoms with Gasteiger partial charge in [0.1, 0.15) is 5.69 Å². The van der Waals surface area contributed by atoms with Gasteiger partial charge < -0.3 is 5.32 Å². The van der Waals surface area contributed by atoms with E-state index in [1.165, 1.54) is 6.07 Å². The second-order valence-electron chi connectivity index (χ2n) is 4.33. The fraction of sp³-hybridized carbons (Fsp3) is 0.214. The molecule has 0 amide bonds. The Hall–Kier alpha value is -1.79. The van der Waals surface area contributed by atoms with Gasteiger partial charge in [-0.1, -0.05) is 30.3 Å². The second kappa shape index (κ2) is 6.58. The molecule has 1 N–H and O–H groups in total. The molecule has 0 saturated heterocycles. The Morgan fingerprint density at radius 3 is 2.70 bits per heavy atom.